The van der Waals surface area contributed by atoms with Gasteiger partial charge in [0.1, 0.15) is 11.5 Å². The summed E-state index contributed by atoms with van der Waals surface area (Å²) in [5, 5.41) is 15.6. The zero-order chi connectivity index (χ0) is 21.1. The van der Waals surface area contributed by atoms with Crippen LogP contribution in [-0.4, -0.2) is 36.7 Å². The van der Waals surface area contributed by atoms with Crippen LogP contribution >= 0.6 is 0 Å². The van der Waals surface area contributed by atoms with E-state index in [4.69, 9.17) is 10.8 Å². The number of carboxylic acid groups (broad SMARTS) is 1. The van der Waals surface area contributed by atoms with Crippen molar-refractivity contribution >= 4 is 23.5 Å². The summed E-state index contributed by atoms with van der Waals surface area (Å²) in [6, 6.07) is 13.7. The first-order chi connectivity index (χ1) is 14.5. The maximum Gasteiger partial charge on any atom is 0.410 e. The first kappa shape index (κ1) is 18.6. The Morgan fingerprint density at radius 3 is 2.57 bits per heavy atom. The molecule has 4 aromatic rings. The lowest BCUT2D eigenvalue weighted by Gasteiger charge is -2.03. The molecule has 0 radical (unpaired) electrons. The monoisotopic (exact) mass is 398 g/mol. The summed E-state index contributed by atoms with van der Waals surface area (Å²) in [7, 11) is 0. The molecule has 0 aliphatic heterocycles. The van der Waals surface area contributed by atoms with Gasteiger partial charge < -0.3 is 10.8 Å². The van der Waals surface area contributed by atoms with Gasteiger partial charge in [-0.3, -0.25) is 10.1 Å². The number of pyridine rings is 1. The minimum Gasteiger partial charge on any atom is -0.465 e. The number of amides is 2. The van der Waals surface area contributed by atoms with Gasteiger partial charge in [0, 0.05) is 22.9 Å². The second kappa shape index (κ2) is 7.73. The Hall–Kier alpha value is -4.71. The largest absolute Gasteiger partial charge is 0.465 e. The van der Waals surface area contributed by atoms with Gasteiger partial charge in [-0.05, 0) is 42.3 Å². The van der Waals surface area contributed by atoms with Gasteiger partial charge in [-0.1, -0.05) is 18.1 Å². The molecule has 146 valence electrons. The average Bonchev–Trinajstić information content (AvgIpc) is 3.14. The molecule has 2 amide bonds. The second-order valence-electron chi connectivity index (χ2n) is 6.18. The van der Waals surface area contributed by atoms with Crippen molar-refractivity contribution in [2.24, 2.45) is 5.73 Å². The maximum atomic E-state index is 11.2. The molecule has 0 spiro atoms. The lowest BCUT2D eigenvalue weighted by molar-refractivity contribution is 0.1000. The van der Waals surface area contributed by atoms with E-state index in [0.29, 0.717) is 28.2 Å². The third-order valence-electron chi connectivity index (χ3n) is 4.16. The molecule has 4 N–H and O–H groups in total. The Morgan fingerprint density at radius 2 is 1.83 bits per heavy atom. The van der Waals surface area contributed by atoms with Crippen molar-refractivity contribution < 1.29 is 14.7 Å². The maximum absolute atomic E-state index is 11.2. The molecular weight excluding hydrogens is 384 g/mol. The summed E-state index contributed by atoms with van der Waals surface area (Å²) < 4.78 is 1.61. The number of carbonyl (C=O) groups is 2. The number of rotatable bonds is 3. The molecule has 0 fully saturated rings. The molecule has 0 aliphatic carbocycles. The number of nitrogens with two attached hydrogens (primary N) is 1. The van der Waals surface area contributed by atoms with Gasteiger partial charge in [-0.25, -0.2) is 19.3 Å². The third kappa shape index (κ3) is 3.93. The van der Waals surface area contributed by atoms with E-state index in [1.807, 2.05) is 12.1 Å². The fourth-order valence-corrected chi connectivity index (χ4v) is 2.74. The number of carbonyl (C=O) groups excluding carboxylic acids is 1. The van der Waals surface area contributed by atoms with Crippen LogP contribution in [0, 0.1) is 11.8 Å². The number of anilines is 1. The highest BCUT2D eigenvalue weighted by molar-refractivity contribution is 5.93. The SMILES string of the molecule is NC(=O)c1ccc(-c2ccc3ncc(C#Cc4ccnc(NC(=O)O)c4)n3n2)cc1. The number of nitrogens with one attached hydrogen (secondary N) is 1. The third-order valence-corrected chi connectivity index (χ3v) is 4.16. The van der Waals surface area contributed by atoms with Gasteiger partial charge in [0.05, 0.1) is 11.9 Å². The quantitative estimate of drug-likeness (QED) is 0.453. The number of hydrogen-bond donors (Lipinski definition) is 3. The minimum atomic E-state index is -1.20. The van der Waals surface area contributed by atoms with Crippen molar-refractivity contribution in [3.05, 3.63) is 77.7 Å². The molecule has 3 heterocycles. The van der Waals surface area contributed by atoms with Crippen LogP contribution in [0.4, 0.5) is 10.6 Å². The number of primary amides is 1. The van der Waals surface area contributed by atoms with E-state index in [2.05, 4.69) is 32.2 Å². The van der Waals surface area contributed by atoms with Crippen molar-refractivity contribution in [2.45, 2.75) is 0 Å². The molecule has 0 saturated heterocycles. The standard InChI is InChI=1S/C21H14N6O3/c22-20(28)15-4-2-14(3-5-15)17-7-8-19-24-12-16(27(19)26-17)6-1-13-9-10-23-18(11-13)25-21(29)30/h2-5,7-12H,(H2,22,28)(H,23,25)(H,29,30). The first-order valence-corrected chi connectivity index (χ1v) is 8.73. The second-order valence-corrected chi connectivity index (χ2v) is 6.18. The summed E-state index contributed by atoms with van der Waals surface area (Å²) in [4.78, 5) is 30.2. The first-order valence-electron chi connectivity index (χ1n) is 8.73. The highest BCUT2D eigenvalue weighted by atomic mass is 16.4. The van der Waals surface area contributed by atoms with Crippen molar-refractivity contribution in [1.82, 2.24) is 19.6 Å². The molecule has 0 aliphatic rings. The van der Waals surface area contributed by atoms with Crippen LogP contribution in [0.2, 0.25) is 0 Å². The molecule has 9 heteroatoms. The number of nitrogens with zero attached hydrogens (tertiary/aromatic N) is 4. The number of hydrogen-bond acceptors (Lipinski definition) is 5. The molecule has 3 aromatic heterocycles. The predicted molar refractivity (Wildman–Crippen MR) is 109 cm³/mol. The highest BCUT2D eigenvalue weighted by Crippen LogP contribution is 2.18. The molecule has 1 aromatic carbocycles. The number of aromatic nitrogens is 4. The van der Waals surface area contributed by atoms with E-state index in [1.165, 1.54) is 12.3 Å². The topological polar surface area (TPSA) is 136 Å². The van der Waals surface area contributed by atoms with E-state index >= 15 is 0 Å². The van der Waals surface area contributed by atoms with Crippen molar-refractivity contribution in [1.29, 1.82) is 0 Å². The van der Waals surface area contributed by atoms with Crippen LogP contribution in [0.25, 0.3) is 16.9 Å². The van der Waals surface area contributed by atoms with Gasteiger partial charge in [-0.15, -0.1) is 0 Å². The summed E-state index contributed by atoms with van der Waals surface area (Å²) in [5.74, 6) is 5.64. The van der Waals surface area contributed by atoms with Crippen molar-refractivity contribution in [2.75, 3.05) is 5.32 Å². The van der Waals surface area contributed by atoms with Gasteiger partial charge in [0.15, 0.2) is 5.65 Å². The lowest BCUT2D eigenvalue weighted by Crippen LogP contribution is -2.10. The van der Waals surface area contributed by atoms with E-state index in [1.54, 1.807) is 41.0 Å². The summed E-state index contributed by atoms with van der Waals surface area (Å²) in [6.45, 7) is 0. The van der Waals surface area contributed by atoms with E-state index < -0.39 is 12.0 Å². The van der Waals surface area contributed by atoms with Crippen LogP contribution in [0.15, 0.2) is 60.9 Å². The van der Waals surface area contributed by atoms with Gasteiger partial charge >= 0.3 is 6.09 Å². The van der Waals surface area contributed by atoms with Crippen molar-refractivity contribution in [3.63, 3.8) is 0 Å². The summed E-state index contributed by atoms with van der Waals surface area (Å²) >= 11 is 0. The predicted octanol–water partition coefficient (Wildman–Crippen LogP) is 2.38. The van der Waals surface area contributed by atoms with Gasteiger partial charge in [-0.2, -0.15) is 5.10 Å². The fraction of sp³-hybridized carbons (Fsp3) is 0. The minimum absolute atomic E-state index is 0.187. The Bertz CT molecular complexity index is 1330. The molecule has 0 saturated carbocycles. The normalized spacial score (nSPS) is 10.3. The molecule has 30 heavy (non-hydrogen) atoms. The number of benzene rings is 1. The summed E-state index contributed by atoms with van der Waals surface area (Å²) in [5.41, 5.74) is 8.96. The zero-order valence-corrected chi connectivity index (χ0v) is 15.4. The smallest absolute Gasteiger partial charge is 0.410 e. The van der Waals surface area contributed by atoms with Crippen LogP contribution in [0.3, 0.4) is 0 Å². The van der Waals surface area contributed by atoms with Crippen molar-refractivity contribution in [3.8, 4) is 23.1 Å². The van der Waals surface area contributed by atoms with E-state index in [9.17, 15) is 9.59 Å². The van der Waals surface area contributed by atoms with Gasteiger partial charge in [0.25, 0.3) is 0 Å². The number of fused-ring (bicyclic) bond motifs is 1. The Kier molecular flexibility index (Phi) is 4.80. The molecule has 4 rings (SSSR count). The van der Waals surface area contributed by atoms with E-state index in [-0.39, 0.29) is 5.82 Å². The van der Waals surface area contributed by atoms with E-state index in [0.717, 1.165) is 5.56 Å². The fourth-order valence-electron chi connectivity index (χ4n) is 2.74. The van der Waals surface area contributed by atoms with Crippen LogP contribution in [0.1, 0.15) is 21.6 Å². The van der Waals surface area contributed by atoms with Crippen LogP contribution in [0.5, 0.6) is 0 Å². The lowest BCUT2D eigenvalue weighted by atomic mass is 10.1. The Labute approximate surface area is 170 Å². The van der Waals surface area contributed by atoms with Crippen LogP contribution in [-0.2, 0) is 0 Å². The van der Waals surface area contributed by atoms with Gasteiger partial charge in [0.2, 0.25) is 5.91 Å². The molecular formula is C21H14N6O3. The number of imidazole rings is 1. The zero-order valence-electron chi connectivity index (χ0n) is 15.4. The average molecular weight is 398 g/mol. The van der Waals surface area contributed by atoms with Crippen LogP contribution < -0.4 is 11.1 Å². The Morgan fingerprint density at radius 1 is 1.03 bits per heavy atom. The molecule has 0 bridgehead atoms. The molecule has 0 unspecified atom stereocenters. The summed E-state index contributed by atoms with van der Waals surface area (Å²) in [6.07, 6.45) is 1.87. The highest BCUT2D eigenvalue weighted by Gasteiger charge is 2.07. The molecule has 0 atom stereocenters. The Balaban J connectivity index is 1.67. The molecule has 9 nitrogen and oxygen atoms in total.